The van der Waals surface area contributed by atoms with Crippen molar-refractivity contribution < 1.29 is 9.53 Å². The smallest absolute Gasteiger partial charge is 0.340 e. The standard InChI is InChI=1S/C13H19NO2/c1-3-9-14-12-8-6-5-7-11(12)13(15)16-10-4-2/h5-8,14H,3-4,9-10H2,1-2H3. The number of ether oxygens (including phenoxy) is 1. The quantitative estimate of drug-likeness (QED) is 0.750. The normalized spacial score (nSPS) is 9.88. The van der Waals surface area contributed by atoms with Gasteiger partial charge in [0.15, 0.2) is 0 Å². The van der Waals surface area contributed by atoms with Crippen LogP contribution in [-0.2, 0) is 4.74 Å². The van der Waals surface area contributed by atoms with Crippen LogP contribution >= 0.6 is 0 Å². The Morgan fingerprint density at radius 1 is 1.25 bits per heavy atom. The summed E-state index contributed by atoms with van der Waals surface area (Å²) in [6.07, 6.45) is 1.87. The maximum atomic E-state index is 11.7. The summed E-state index contributed by atoms with van der Waals surface area (Å²) in [7, 11) is 0. The van der Waals surface area contributed by atoms with Crippen LogP contribution in [0.15, 0.2) is 24.3 Å². The molecule has 0 fully saturated rings. The Bertz CT molecular complexity index is 336. The van der Waals surface area contributed by atoms with Crippen LogP contribution in [0, 0.1) is 0 Å². The van der Waals surface area contributed by atoms with Crippen molar-refractivity contribution >= 4 is 11.7 Å². The summed E-state index contributed by atoms with van der Waals surface area (Å²) in [6, 6.07) is 7.45. The third-order valence-corrected chi connectivity index (χ3v) is 2.15. The first-order valence-electron chi connectivity index (χ1n) is 5.79. The van der Waals surface area contributed by atoms with Crippen molar-refractivity contribution in [2.45, 2.75) is 26.7 Å². The third-order valence-electron chi connectivity index (χ3n) is 2.15. The molecule has 1 rings (SSSR count). The highest BCUT2D eigenvalue weighted by atomic mass is 16.5. The van der Waals surface area contributed by atoms with Crippen LogP contribution in [0.4, 0.5) is 5.69 Å². The van der Waals surface area contributed by atoms with E-state index in [-0.39, 0.29) is 5.97 Å². The van der Waals surface area contributed by atoms with Crippen LogP contribution in [-0.4, -0.2) is 19.1 Å². The van der Waals surface area contributed by atoms with Gasteiger partial charge in [0.1, 0.15) is 0 Å². The second-order valence-corrected chi connectivity index (χ2v) is 3.61. The lowest BCUT2D eigenvalue weighted by atomic mass is 10.2. The van der Waals surface area contributed by atoms with E-state index in [1.165, 1.54) is 0 Å². The first-order valence-corrected chi connectivity index (χ1v) is 5.79. The molecule has 0 saturated carbocycles. The summed E-state index contributed by atoms with van der Waals surface area (Å²) < 4.78 is 5.12. The largest absolute Gasteiger partial charge is 0.462 e. The van der Waals surface area contributed by atoms with Crippen LogP contribution in [0.1, 0.15) is 37.0 Å². The molecular weight excluding hydrogens is 202 g/mol. The fourth-order valence-corrected chi connectivity index (χ4v) is 1.35. The molecule has 0 bridgehead atoms. The van der Waals surface area contributed by atoms with Gasteiger partial charge >= 0.3 is 5.97 Å². The number of anilines is 1. The summed E-state index contributed by atoms with van der Waals surface area (Å²) in [5, 5.41) is 3.22. The van der Waals surface area contributed by atoms with Gasteiger partial charge in [-0.3, -0.25) is 0 Å². The van der Waals surface area contributed by atoms with E-state index in [2.05, 4.69) is 12.2 Å². The van der Waals surface area contributed by atoms with Crippen LogP contribution in [0.25, 0.3) is 0 Å². The Balaban J connectivity index is 2.73. The molecule has 0 aliphatic rings. The van der Waals surface area contributed by atoms with E-state index in [4.69, 9.17) is 4.74 Å². The van der Waals surface area contributed by atoms with Crippen LogP contribution < -0.4 is 5.32 Å². The lowest BCUT2D eigenvalue weighted by molar-refractivity contribution is 0.0506. The van der Waals surface area contributed by atoms with E-state index in [0.29, 0.717) is 12.2 Å². The van der Waals surface area contributed by atoms with Crippen molar-refractivity contribution in [3.05, 3.63) is 29.8 Å². The summed E-state index contributed by atoms with van der Waals surface area (Å²) in [6.45, 7) is 5.40. The lowest BCUT2D eigenvalue weighted by Gasteiger charge is -2.10. The minimum Gasteiger partial charge on any atom is -0.462 e. The third kappa shape index (κ3) is 3.57. The Morgan fingerprint density at radius 3 is 2.69 bits per heavy atom. The number of benzene rings is 1. The average Bonchev–Trinajstić information content (AvgIpc) is 2.33. The summed E-state index contributed by atoms with van der Waals surface area (Å²) in [5.41, 5.74) is 1.47. The predicted molar refractivity (Wildman–Crippen MR) is 65.8 cm³/mol. The highest BCUT2D eigenvalue weighted by Crippen LogP contribution is 2.16. The Morgan fingerprint density at radius 2 is 2.00 bits per heavy atom. The molecule has 0 radical (unpaired) electrons. The number of esters is 1. The highest BCUT2D eigenvalue weighted by Gasteiger charge is 2.10. The number of hydrogen-bond donors (Lipinski definition) is 1. The number of carbonyl (C=O) groups excluding carboxylic acids is 1. The van der Waals surface area contributed by atoms with Gasteiger partial charge in [-0.05, 0) is 25.0 Å². The number of carbonyl (C=O) groups is 1. The molecule has 0 amide bonds. The fourth-order valence-electron chi connectivity index (χ4n) is 1.35. The zero-order valence-electron chi connectivity index (χ0n) is 9.95. The van der Waals surface area contributed by atoms with E-state index in [1.54, 1.807) is 6.07 Å². The average molecular weight is 221 g/mol. The van der Waals surface area contributed by atoms with E-state index >= 15 is 0 Å². The lowest BCUT2D eigenvalue weighted by Crippen LogP contribution is -2.10. The molecule has 3 nitrogen and oxygen atoms in total. The summed E-state index contributed by atoms with van der Waals surface area (Å²) in [5.74, 6) is -0.249. The molecule has 1 N–H and O–H groups in total. The van der Waals surface area contributed by atoms with Gasteiger partial charge in [-0.1, -0.05) is 26.0 Å². The molecule has 0 unspecified atom stereocenters. The number of para-hydroxylation sites is 1. The van der Waals surface area contributed by atoms with Crippen LogP contribution in [0.3, 0.4) is 0 Å². The molecule has 3 heteroatoms. The molecule has 0 aromatic heterocycles. The minimum absolute atomic E-state index is 0.249. The van der Waals surface area contributed by atoms with Gasteiger partial charge in [0.2, 0.25) is 0 Å². The number of rotatable bonds is 6. The predicted octanol–water partition coefficient (Wildman–Crippen LogP) is 3.08. The van der Waals surface area contributed by atoms with E-state index < -0.39 is 0 Å². The second kappa shape index (κ2) is 6.88. The second-order valence-electron chi connectivity index (χ2n) is 3.61. The molecule has 0 spiro atoms. The van der Waals surface area contributed by atoms with Gasteiger partial charge in [-0.25, -0.2) is 4.79 Å². The Labute approximate surface area is 96.8 Å². The maximum absolute atomic E-state index is 11.7. The molecule has 88 valence electrons. The SMILES string of the molecule is CCCNc1ccccc1C(=O)OCCC. The van der Waals surface area contributed by atoms with E-state index in [0.717, 1.165) is 25.1 Å². The Kier molecular flexibility index (Phi) is 5.40. The first kappa shape index (κ1) is 12.6. The molecule has 0 aliphatic carbocycles. The monoisotopic (exact) mass is 221 g/mol. The van der Waals surface area contributed by atoms with Gasteiger partial charge in [-0.15, -0.1) is 0 Å². The zero-order valence-corrected chi connectivity index (χ0v) is 9.95. The van der Waals surface area contributed by atoms with Gasteiger partial charge in [0.05, 0.1) is 12.2 Å². The van der Waals surface area contributed by atoms with Crippen molar-refractivity contribution in [1.29, 1.82) is 0 Å². The minimum atomic E-state index is -0.249. The topological polar surface area (TPSA) is 38.3 Å². The summed E-state index contributed by atoms with van der Waals surface area (Å²) in [4.78, 5) is 11.7. The van der Waals surface area contributed by atoms with Gasteiger partial charge in [0, 0.05) is 12.2 Å². The van der Waals surface area contributed by atoms with Crippen LogP contribution in [0.2, 0.25) is 0 Å². The molecule has 0 atom stereocenters. The van der Waals surface area contributed by atoms with Gasteiger partial charge in [0.25, 0.3) is 0 Å². The maximum Gasteiger partial charge on any atom is 0.340 e. The Hall–Kier alpha value is -1.51. The highest BCUT2D eigenvalue weighted by molar-refractivity contribution is 5.95. The molecule has 16 heavy (non-hydrogen) atoms. The molecule has 1 aromatic rings. The molecule has 0 aliphatic heterocycles. The number of nitrogens with one attached hydrogen (secondary N) is 1. The van der Waals surface area contributed by atoms with Crippen LogP contribution in [0.5, 0.6) is 0 Å². The van der Waals surface area contributed by atoms with E-state index in [1.807, 2.05) is 25.1 Å². The van der Waals surface area contributed by atoms with Crippen molar-refractivity contribution in [1.82, 2.24) is 0 Å². The fraction of sp³-hybridized carbons (Fsp3) is 0.462. The zero-order chi connectivity index (χ0) is 11.8. The molecule has 0 heterocycles. The number of hydrogen-bond acceptors (Lipinski definition) is 3. The van der Waals surface area contributed by atoms with Crippen molar-refractivity contribution in [2.75, 3.05) is 18.5 Å². The van der Waals surface area contributed by atoms with Crippen molar-refractivity contribution in [2.24, 2.45) is 0 Å². The molecule has 1 aromatic carbocycles. The molecule has 0 saturated heterocycles. The van der Waals surface area contributed by atoms with Gasteiger partial charge < -0.3 is 10.1 Å². The van der Waals surface area contributed by atoms with Crippen molar-refractivity contribution in [3.63, 3.8) is 0 Å². The van der Waals surface area contributed by atoms with Crippen molar-refractivity contribution in [3.8, 4) is 0 Å². The van der Waals surface area contributed by atoms with E-state index in [9.17, 15) is 4.79 Å². The first-order chi connectivity index (χ1) is 7.79. The molecular formula is C13H19NO2. The van der Waals surface area contributed by atoms with Gasteiger partial charge in [-0.2, -0.15) is 0 Å². The summed E-state index contributed by atoms with van der Waals surface area (Å²) >= 11 is 0.